The van der Waals surface area contributed by atoms with Gasteiger partial charge in [-0.2, -0.15) is 8.78 Å². The van der Waals surface area contributed by atoms with Crippen molar-refractivity contribution in [3.8, 4) is 5.75 Å². The zero-order chi connectivity index (χ0) is 26.4. The average molecular weight is 523 g/mol. The maximum Gasteiger partial charge on any atom is 0.426 e. The molecule has 0 unspecified atom stereocenters. The molecule has 2 fully saturated rings. The Hall–Kier alpha value is -2.11. The fourth-order valence-electron chi connectivity index (χ4n) is 6.47. The molecule has 0 N–H and O–H groups in total. The first kappa shape index (κ1) is 27.9. The van der Waals surface area contributed by atoms with E-state index in [1.807, 2.05) is 0 Å². The first-order valence-electron chi connectivity index (χ1n) is 14.1. The fraction of sp³-hybridized carbons (Fsp3) is 0.613. The Morgan fingerprint density at radius 2 is 1.32 bits per heavy atom. The molecule has 0 spiro atoms. The number of alkyl halides is 2. The van der Waals surface area contributed by atoms with Gasteiger partial charge in [0.05, 0.1) is 5.56 Å². The maximum absolute atomic E-state index is 14.4. The van der Waals surface area contributed by atoms with Crippen molar-refractivity contribution in [1.29, 1.82) is 0 Å². The minimum absolute atomic E-state index is 0.112. The highest BCUT2D eigenvalue weighted by Crippen LogP contribution is 2.45. The van der Waals surface area contributed by atoms with E-state index < -0.39 is 29.1 Å². The molecule has 2 aromatic rings. The van der Waals surface area contributed by atoms with Crippen LogP contribution in [-0.4, -0.2) is 0 Å². The third-order valence-electron chi connectivity index (χ3n) is 8.71. The van der Waals surface area contributed by atoms with E-state index in [1.54, 1.807) is 12.1 Å². The highest BCUT2D eigenvalue weighted by atomic mass is 19.3. The molecule has 4 rings (SSSR count). The number of hydrogen-bond acceptors (Lipinski definition) is 1. The van der Waals surface area contributed by atoms with Gasteiger partial charge in [0.1, 0.15) is 5.75 Å². The molecule has 2 aliphatic carbocycles. The number of benzene rings is 2. The molecule has 2 aromatic carbocycles. The summed E-state index contributed by atoms with van der Waals surface area (Å²) in [4.78, 5) is 0. The molecule has 6 heteroatoms. The smallest absolute Gasteiger partial charge is 0.426 e. The summed E-state index contributed by atoms with van der Waals surface area (Å²) in [5.74, 6) is -2.27. The van der Waals surface area contributed by atoms with Crippen LogP contribution in [0.15, 0.2) is 36.4 Å². The number of halogens is 5. The molecule has 1 nitrogen and oxygen atoms in total. The first-order valence-corrected chi connectivity index (χ1v) is 14.1. The quantitative estimate of drug-likeness (QED) is 0.171. The molecule has 0 saturated heterocycles. The maximum atomic E-state index is 14.4. The van der Waals surface area contributed by atoms with Gasteiger partial charge >= 0.3 is 6.11 Å². The summed E-state index contributed by atoms with van der Waals surface area (Å²) in [7, 11) is 0. The topological polar surface area (TPSA) is 9.23 Å². The van der Waals surface area contributed by atoms with E-state index in [2.05, 4.69) is 6.92 Å². The Labute approximate surface area is 217 Å². The zero-order valence-electron chi connectivity index (χ0n) is 21.8. The van der Waals surface area contributed by atoms with Gasteiger partial charge in [0.15, 0.2) is 17.5 Å². The first-order chi connectivity index (χ1) is 17.8. The van der Waals surface area contributed by atoms with Gasteiger partial charge in [0.25, 0.3) is 0 Å². The molecule has 0 radical (unpaired) electrons. The third kappa shape index (κ3) is 7.26. The van der Waals surface area contributed by atoms with Gasteiger partial charge in [-0.3, -0.25) is 0 Å². The van der Waals surface area contributed by atoms with Gasteiger partial charge in [-0.25, -0.2) is 13.2 Å². The predicted molar refractivity (Wildman–Crippen MR) is 136 cm³/mol. The molecule has 2 aliphatic rings. The van der Waals surface area contributed by atoms with E-state index in [0.717, 1.165) is 36.2 Å². The molecule has 204 valence electrons. The van der Waals surface area contributed by atoms with E-state index in [-0.39, 0.29) is 17.9 Å². The van der Waals surface area contributed by atoms with Crippen molar-refractivity contribution < 1.29 is 26.7 Å². The van der Waals surface area contributed by atoms with Crippen molar-refractivity contribution >= 4 is 0 Å². The molecule has 37 heavy (non-hydrogen) atoms. The second-order valence-electron chi connectivity index (χ2n) is 11.2. The van der Waals surface area contributed by atoms with Crippen LogP contribution in [0.25, 0.3) is 0 Å². The van der Waals surface area contributed by atoms with Crippen LogP contribution in [-0.2, 0) is 6.11 Å². The minimum Gasteiger partial charge on any atom is -0.429 e. The Balaban J connectivity index is 1.24. The number of unbranched alkanes of at least 4 members (excludes halogenated alkanes) is 3. The van der Waals surface area contributed by atoms with Gasteiger partial charge in [-0.1, -0.05) is 64.0 Å². The monoisotopic (exact) mass is 522 g/mol. The van der Waals surface area contributed by atoms with Crippen molar-refractivity contribution in [3.05, 3.63) is 65.0 Å². The van der Waals surface area contributed by atoms with Crippen molar-refractivity contribution in [2.75, 3.05) is 0 Å². The lowest BCUT2D eigenvalue weighted by molar-refractivity contribution is -0.185. The van der Waals surface area contributed by atoms with Crippen LogP contribution in [0.4, 0.5) is 22.0 Å². The second kappa shape index (κ2) is 12.6. The average Bonchev–Trinajstić information content (AvgIpc) is 2.90. The summed E-state index contributed by atoms with van der Waals surface area (Å²) in [5.41, 5.74) is 0.0283. The lowest BCUT2D eigenvalue weighted by Gasteiger charge is -2.38. The molecular formula is C31H39F5O. The molecule has 0 heterocycles. The van der Waals surface area contributed by atoms with Crippen molar-refractivity contribution in [1.82, 2.24) is 0 Å². The van der Waals surface area contributed by atoms with E-state index in [4.69, 9.17) is 4.74 Å². The molecular weight excluding hydrogens is 483 g/mol. The van der Waals surface area contributed by atoms with Crippen molar-refractivity contribution in [2.24, 2.45) is 17.8 Å². The highest BCUT2D eigenvalue weighted by molar-refractivity contribution is 5.31. The van der Waals surface area contributed by atoms with Crippen molar-refractivity contribution in [2.45, 2.75) is 102 Å². The van der Waals surface area contributed by atoms with Gasteiger partial charge < -0.3 is 4.74 Å². The van der Waals surface area contributed by atoms with Crippen LogP contribution in [0.1, 0.15) is 107 Å². The van der Waals surface area contributed by atoms with E-state index in [1.165, 1.54) is 82.8 Å². The SMILES string of the molecule is CCCCCCC1CCC(C2CCC(c3ccc(OC(F)(F)c4cc(F)c(F)c(F)c4)cc3)CC2)CC1. The molecule has 0 amide bonds. The molecule has 0 bridgehead atoms. The molecule has 0 aliphatic heterocycles. The van der Waals surface area contributed by atoms with Crippen LogP contribution in [0.5, 0.6) is 5.75 Å². The van der Waals surface area contributed by atoms with E-state index >= 15 is 0 Å². The predicted octanol–water partition coefficient (Wildman–Crippen LogP) is 10.3. The van der Waals surface area contributed by atoms with Gasteiger partial charge in [0.2, 0.25) is 0 Å². The highest BCUT2D eigenvalue weighted by Gasteiger charge is 2.37. The summed E-state index contributed by atoms with van der Waals surface area (Å²) >= 11 is 0. The standard InChI is InChI=1S/C31H39F5O/c1-2-3-4-5-6-21-7-9-22(10-8-21)23-11-13-24(14-12-23)25-15-17-27(18-16-25)37-31(35,36)26-19-28(32)30(34)29(33)20-26/h15-24H,2-14H2,1H3. The summed E-state index contributed by atoms with van der Waals surface area (Å²) in [5, 5.41) is 0. The van der Waals surface area contributed by atoms with Crippen LogP contribution in [0.2, 0.25) is 0 Å². The van der Waals surface area contributed by atoms with Crippen LogP contribution >= 0.6 is 0 Å². The normalized spacial score (nSPS) is 24.7. The van der Waals surface area contributed by atoms with Gasteiger partial charge in [-0.15, -0.1) is 0 Å². The van der Waals surface area contributed by atoms with Crippen LogP contribution in [0, 0.1) is 35.2 Å². The second-order valence-corrected chi connectivity index (χ2v) is 11.2. The Kier molecular flexibility index (Phi) is 9.52. The molecule has 0 aromatic heterocycles. The Bertz CT molecular complexity index is 966. The van der Waals surface area contributed by atoms with Crippen LogP contribution < -0.4 is 4.74 Å². The summed E-state index contributed by atoms with van der Waals surface area (Å²) in [6, 6.07) is 7.04. The lowest BCUT2D eigenvalue weighted by atomic mass is 9.68. The van der Waals surface area contributed by atoms with E-state index in [0.29, 0.717) is 5.92 Å². The molecule has 2 saturated carbocycles. The molecule has 0 atom stereocenters. The number of rotatable bonds is 10. The van der Waals surface area contributed by atoms with E-state index in [9.17, 15) is 22.0 Å². The third-order valence-corrected chi connectivity index (χ3v) is 8.71. The van der Waals surface area contributed by atoms with Crippen LogP contribution in [0.3, 0.4) is 0 Å². The van der Waals surface area contributed by atoms with Gasteiger partial charge in [0, 0.05) is 0 Å². The summed E-state index contributed by atoms with van der Waals surface area (Å²) in [6.07, 6.45) is 13.0. The van der Waals surface area contributed by atoms with Gasteiger partial charge in [-0.05, 0) is 92.0 Å². The Morgan fingerprint density at radius 3 is 1.89 bits per heavy atom. The fourth-order valence-corrected chi connectivity index (χ4v) is 6.47. The summed E-state index contributed by atoms with van der Waals surface area (Å²) < 4.78 is 73.5. The largest absolute Gasteiger partial charge is 0.429 e. The zero-order valence-corrected chi connectivity index (χ0v) is 21.8. The lowest BCUT2D eigenvalue weighted by Crippen LogP contribution is -2.25. The van der Waals surface area contributed by atoms with Crippen molar-refractivity contribution in [3.63, 3.8) is 0 Å². The Morgan fingerprint density at radius 1 is 0.757 bits per heavy atom. The minimum atomic E-state index is -4.00. The summed E-state index contributed by atoms with van der Waals surface area (Å²) in [6.45, 7) is 2.26. The number of hydrogen-bond donors (Lipinski definition) is 0. The number of ether oxygens (including phenoxy) is 1.